The van der Waals surface area contributed by atoms with E-state index in [-0.39, 0.29) is 0 Å². The molecule has 1 N–H and O–H groups in total. The number of rotatable bonds is 1. The lowest BCUT2D eigenvalue weighted by Gasteiger charge is -2.51. The van der Waals surface area contributed by atoms with E-state index in [0.717, 1.165) is 12.0 Å². The van der Waals surface area contributed by atoms with E-state index >= 15 is 0 Å². The van der Waals surface area contributed by atoms with E-state index in [1.165, 1.54) is 64.6 Å². The van der Waals surface area contributed by atoms with Gasteiger partial charge in [-0.2, -0.15) is 0 Å². The topological polar surface area (TPSA) is 15.3 Å². The fourth-order valence-corrected chi connectivity index (χ4v) is 3.82. The van der Waals surface area contributed by atoms with Gasteiger partial charge in [0.1, 0.15) is 0 Å². The van der Waals surface area contributed by atoms with Crippen LogP contribution in [0, 0.1) is 5.92 Å². The van der Waals surface area contributed by atoms with Gasteiger partial charge in [-0.15, -0.1) is 0 Å². The summed E-state index contributed by atoms with van der Waals surface area (Å²) in [6.45, 7) is 6.40. The molecule has 0 aromatic heterocycles. The Morgan fingerprint density at radius 2 is 1.88 bits per heavy atom. The van der Waals surface area contributed by atoms with Crippen molar-refractivity contribution in [1.82, 2.24) is 10.2 Å². The van der Waals surface area contributed by atoms with Crippen LogP contribution in [0.5, 0.6) is 0 Å². The zero-order valence-electron chi connectivity index (χ0n) is 10.7. The molecule has 1 unspecified atom stereocenters. The van der Waals surface area contributed by atoms with E-state index in [2.05, 4.69) is 17.1 Å². The van der Waals surface area contributed by atoms with E-state index in [1.807, 2.05) is 0 Å². The van der Waals surface area contributed by atoms with Gasteiger partial charge in [0.15, 0.2) is 0 Å². The van der Waals surface area contributed by atoms with Crippen LogP contribution in [0.25, 0.3) is 0 Å². The molecule has 2 heterocycles. The summed E-state index contributed by atoms with van der Waals surface area (Å²) >= 11 is 0. The first kappa shape index (κ1) is 11.0. The van der Waals surface area contributed by atoms with Gasteiger partial charge in [0.2, 0.25) is 0 Å². The lowest BCUT2D eigenvalue weighted by molar-refractivity contribution is 0.0444. The molecule has 0 aromatic rings. The maximum Gasteiger partial charge on any atom is 0.0196 e. The zero-order valence-corrected chi connectivity index (χ0v) is 10.7. The summed E-state index contributed by atoms with van der Waals surface area (Å²) in [6.07, 6.45) is 10.0. The van der Waals surface area contributed by atoms with E-state index in [4.69, 9.17) is 0 Å². The normalized spacial score (nSPS) is 36.2. The van der Waals surface area contributed by atoms with Crippen LogP contribution < -0.4 is 5.32 Å². The fourth-order valence-electron chi connectivity index (χ4n) is 3.82. The van der Waals surface area contributed by atoms with Crippen LogP contribution in [0.2, 0.25) is 0 Å². The van der Waals surface area contributed by atoms with Crippen molar-refractivity contribution in [2.24, 2.45) is 5.92 Å². The van der Waals surface area contributed by atoms with Gasteiger partial charge in [-0.3, -0.25) is 0 Å². The van der Waals surface area contributed by atoms with Crippen LogP contribution in [0.3, 0.4) is 0 Å². The number of hydrogen-bond acceptors (Lipinski definition) is 2. The largest absolute Gasteiger partial charge is 0.311 e. The Hall–Kier alpha value is -0.0800. The monoisotopic (exact) mass is 222 g/mol. The summed E-state index contributed by atoms with van der Waals surface area (Å²) in [6, 6.07) is 0.897. The predicted molar refractivity (Wildman–Crippen MR) is 67.6 cm³/mol. The van der Waals surface area contributed by atoms with E-state index in [1.54, 1.807) is 0 Å². The highest BCUT2D eigenvalue weighted by molar-refractivity contribution is 5.02. The molecule has 3 rings (SSSR count). The molecule has 3 fully saturated rings. The van der Waals surface area contributed by atoms with Crippen molar-refractivity contribution in [3.05, 3.63) is 0 Å². The minimum atomic E-state index is 0.575. The second-order valence-corrected chi connectivity index (χ2v) is 6.43. The van der Waals surface area contributed by atoms with E-state index < -0.39 is 0 Å². The lowest BCUT2D eigenvalue weighted by atomic mass is 9.70. The molecule has 2 nitrogen and oxygen atoms in total. The minimum absolute atomic E-state index is 0.575. The van der Waals surface area contributed by atoms with Gasteiger partial charge in [-0.05, 0) is 70.5 Å². The summed E-state index contributed by atoms with van der Waals surface area (Å²) < 4.78 is 0. The van der Waals surface area contributed by atoms with Crippen molar-refractivity contribution in [1.29, 1.82) is 0 Å². The van der Waals surface area contributed by atoms with Crippen molar-refractivity contribution < 1.29 is 0 Å². The van der Waals surface area contributed by atoms with Crippen LogP contribution in [0.1, 0.15) is 51.9 Å². The molecule has 16 heavy (non-hydrogen) atoms. The molecule has 0 radical (unpaired) electrons. The van der Waals surface area contributed by atoms with Crippen molar-refractivity contribution in [3.63, 3.8) is 0 Å². The van der Waals surface area contributed by atoms with Gasteiger partial charge in [-0.25, -0.2) is 0 Å². The van der Waals surface area contributed by atoms with Gasteiger partial charge in [0, 0.05) is 11.6 Å². The van der Waals surface area contributed by atoms with Gasteiger partial charge in [0.25, 0.3) is 0 Å². The van der Waals surface area contributed by atoms with Gasteiger partial charge < -0.3 is 10.2 Å². The molecule has 0 aromatic carbocycles. The average Bonchev–Trinajstić information content (AvgIpc) is 2.28. The SMILES string of the molecule is CC1CCN(C2CCNC3(CCC3)C2)CC1. The summed E-state index contributed by atoms with van der Waals surface area (Å²) in [5.41, 5.74) is 0.575. The van der Waals surface area contributed by atoms with Crippen LogP contribution in [-0.4, -0.2) is 36.1 Å². The Morgan fingerprint density at radius 1 is 1.12 bits per heavy atom. The Balaban J connectivity index is 1.57. The Bertz CT molecular complexity index is 239. The highest BCUT2D eigenvalue weighted by atomic mass is 15.2. The number of hydrogen-bond donors (Lipinski definition) is 1. The zero-order chi connectivity index (χ0) is 11.0. The number of likely N-dealkylation sites (tertiary alicyclic amines) is 1. The van der Waals surface area contributed by atoms with Crippen LogP contribution in [-0.2, 0) is 0 Å². The van der Waals surface area contributed by atoms with E-state index in [9.17, 15) is 0 Å². The summed E-state index contributed by atoms with van der Waals surface area (Å²) in [7, 11) is 0. The number of nitrogens with zero attached hydrogens (tertiary/aromatic N) is 1. The molecule has 1 spiro atoms. The molecule has 2 saturated heterocycles. The van der Waals surface area contributed by atoms with Gasteiger partial charge in [0.05, 0.1) is 0 Å². The average molecular weight is 222 g/mol. The van der Waals surface area contributed by atoms with Crippen molar-refractivity contribution in [2.45, 2.75) is 63.5 Å². The second-order valence-electron chi connectivity index (χ2n) is 6.43. The van der Waals surface area contributed by atoms with Gasteiger partial charge >= 0.3 is 0 Å². The molecule has 1 saturated carbocycles. The number of piperidine rings is 2. The predicted octanol–water partition coefficient (Wildman–Crippen LogP) is 2.39. The molecule has 0 amide bonds. The fraction of sp³-hybridized carbons (Fsp3) is 1.00. The van der Waals surface area contributed by atoms with Crippen molar-refractivity contribution in [3.8, 4) is 0 Å². The molecule has 2 aliphatic heterocycles. The molecule has 3 aliphatic rings. The van der Waals surface area contributed by atoms with Crippen molar-refractivity contribution in [2.75, 3.05) is 19.6 Å². The first-order chi connectivity index (χ1) is 7.77. The molecular formula is C14H26N2. The van der Waals surface area contributed by atoms with Crippen LogP contribution in [0.4, 0.5) is 0 Å². The smallest absolute Gasteiger partial charge is 0.0196 e. The summed E-state index contributed by atoms with van der Waals surface area (Å²) in [4.78, 5) is 2.79. The van der Waals surface area contributed by atoms with Crippen LogP contribution in [0.15, 0.2) is 0 Å². The molecule has 1 aliphatic carbocycles. The highest BCUT2D eigenvalue weighted by Crippen LogP contribution is 2.40. The Morgan fingerprint density at radius 3 is 2.50 bits per heavy atom. The third kappa shape index (κ3) is 2.02. The third-order valence-electron chi connectivity index (χ3n) is 5.25. The summed E-state index contributed by atoms with van der Waals surface area (Å²) in [5.74, 6) is 0.968. The van der Waals surface area contributed by atoms with E-state index in [0.29, 0.717) is 5.54 Å². The number of nitrogens with one attached hydrogen (secondary N) is 1. The molecule has 92 valence electrons. The first-order valence-electron chi connectivity index (χ1n) is 7.27. The summed E-state index contributed by atoms with van der Waals surface area (Å²) in [5, 5.41) is 3.78. The Kier molecular flexibility index (Phi) is 2.97. The third-order valence-corrected chi connectivity index (χ3v) is 5.25. The quantitative estimate of drug-likeness (QED) is 0.733. The molecule has 1 atom stereocenters. The first-order valence-corrected chi connectivity index (χ1v) is 7.27. The van der Waals surface area contributed by atoms with Crippen LogP contribution >= 0.6 is 0 Å². The Labute approximate surface area is 99.8 Å². The maximum absolute atomic E-state index is 3.78. The highest BCUT2D eigenvalue weighted by Gasteiger charge is 2.42. The van der Waals surface area contributed by atoms with Crippen molar-refractivity contribution >= 4 is 0 Å². The van der Waals surface area contributed by atoms with Gasteiger partial charge in [-0.1, -0.05) is 6.92 Å². The lowest BCUT2D eigenvalue weighted by Crippen LogP contribution is -2.60. The molecule has 2 heteroatoms. The molecular weight excluding hydrogens is 196 g/mol. The minimum Gasteiger partial charge on any atom is -0.311 e. The standard InChI is InChI=1S/C14H26N2/c1-12-4-9-16(10-5-12)13-3-8-15-14(11-13)6-2-7-14/h12-13,15H,2-11H2,1H3. The second kappa shape index (κ2) is 4.30. The maximum atomic E-state index is 3.78. The molecule has 0 bridgehead atoms.